The van der Waals surface area contributed by atoms with Crippen LogP contribution in [0.3, 0.4) is 0 Å². The van der Waals surface area contributed by atoms with Crippen LogP contribution in [-0.4, -0.2) is 21.8 Å². The van der Waals surface area contributed by atoms with E-state index in [1.54, 1.807) is 7.11 Å². The van der Waals surface area contributed by atoms with Crippen LogP contribution >= 0.6 is 7.60 Å². The molecule has 0 N–H and O–H groups in total. The van der Waals surface area contributed by atoms with E-state index in [4.69, 9.17) is 13.8 Å². The van der Waals surface area contributed by atoms with E-state index in [0.29, 0.717) is 6.61 Å². The first-order valence-electron chi connectivity index (χ1n) is 8.01. The smallest absolute Gasteiger partial charge is 0.353 e. The van der Waals surface area contributed by atoms with Crippen molar-refractivity contribution in [2.75, 3.05) is 13.7 Å². The molecule has 1 unspecified atom stereocenters. The van der Waals surface area contributed by atoms with Crippen molar-refractivity contribution in [3.63, 3.8) is 0 Å². The highest BCUT2D eigenvalue weighted by atomic mass is 31.2. The molecule has 0 spiro atoms. The molecule has 2 rings (SSSR count). The van der Waals surface area contributed by atoms with Gasteiger partial charge in [0, 0.05) is 10.9 Å². The summed E-state index contributed by atoms with van der Waals surface area (Å²) in [7, 11) is -3.38. The van der Waals surface area contributed by atoms with Gasteiger partial charge in [-0.1, -0.05) is 44.8 Å². The highest BCUT2D eigenvalue weighted by Gasteiger charge is 2.45. The summed E-state index contributed by atoms with van der Waals surface area (Å²) in [6.07, 6.45) is 1.86. The molecule has 128 valence electrons. The summed E-state index contributed by atoms with van der Waals surface area (Å²) in [4.78, 5) is 0.907. The first kappa shape index (κ1) is 18.5. The van der Waals surface area contributed by atoms with Gasteiger partial charge in [0.25, 0.3) is 0 Å². The summed E-state index contributed by atoms with van der Waals surface area (Å²) in [6, 6.07) is 7.72. The number of benzene rings is 1. The Morgan fingerprint density at radius 3 is 2.30 bits per heavy atom. The Balaban J connectivity index is 2.41. The van der Waals surface area contributed by atoms with Gasteiger partial charge in [0.05, 0.1) is 27.9 Å². The van der Waals surface area contributed by atoms with Crippen molar-refractivity contribution in [3.05, 3.63) is 40.8 Å². The predicted molar refractivity (Wildman–Crippen MR) is 96.6 cm³/mol. The molecule has 0 aromatic heterocycles. The molecule has 6 heteroatoms. The van der Waals surface area contributed by atoms with Crippen molar-refractivity contribution < 1.29 is 18.3 Å². The maximum Gasteiger partial charge on any atom is 0.353 e. The first-order valence-corrected chi connectivity index (χ1v) is 13.1. The minimum Gasteiger partial charge on any atom is -0.497 e. The first-order chi connectivity index (χ1) is 10.7. The van der Waals surface area contributed by atoms with Crippen LogP contribution in [0.15, 0.2) is 35.3 Å². The van der Waals surface area contributed by atoms with Crippen LogP contribution in [0.2, 0.25) is 19.6 Å². The molecule has 0 radical (unpaired) electrons. The minimum atomic E-state index is -3.23. The summed E-state index contributed by atoms with van der Waals surface area (Å²) in [6.45, 7) is 10.9. The van der Waals surface area contributed by atoms with Crippen LogP contribution < -0.4 is 4.74 Å². The number of rotatable bonds is 5. The van der Waals surface area contributed by atoms with Crippen LogP contribution in [-0.2, 0) is 13.6 Å². The maximum atomic E-state index is 13.4. The third kappa shape index (κ3) is 3.97. The zero-order valence-corrected chi connectivity index (χ0v) is 16.7. The Hall–Kier alpha value is -0.873. The molecule has 23 heavy (non-hydrogen) atoms. The molecule has 3 atom stereocenters. The molecule has 1 aliphatic heterocycles. The van der Waals surface area contributed by atoms with Crippen LogP contribution in [0.5, 0.6) is 5.75 Å². The number of methoxy groups -OCH3 is 1. The number of hydrogen-bond acceptors (Lipinski definition) is 4. The van der Waals surface area contributed by atoms with Crippen LogP contribution in [0.4, 0.5) is 0 Å². The van der Waals surface area contributed by atoms with Crippen LogP contribution in [0.25, 0.3) is 0 Å². The van der Waals surface area contributed by atoms with Gasteiger partial charge in [-0.15, -0.1) is 0 Å². The number of hydrogen-bond donors (Lipinski definition) is 0. The van der Waals surface area contributed by atoms with Gasteiger partial charge in [0.15, 0.2) is 0 Å². The van der Waals surface area contributed by atoms with E-state index in [0.717, 1.165) is 16.3 Å². The molecule has 4 nitrogen and oxygen atoms in total. The molecule has 0 bridgehead atoms. The molecule has 1 aromatic carbocycles. The Morgan fingerprint density at radius 2 is 1.83 bits per heavy atom. The molecule has 1 aromatic rings. The van der Waals surface area contributed by atoms with Gasteiger partial charge >= 0.3 is 7.60 Å². The molecule has 1 aliphatic rings. The van der Waals surface area contributed by atoms with Crippen molar-refractivity contribution in [1.82, 2.24) is 0 Å². The standard InChI is InChI=1S/C17H27O4PSi/c1-7-20-22(18)16(23(4,5)6)12-13(2)17(21-22)14-8-10-15(19-3)11-9-14/h8-13,17H,7H2,1-6H3/t13-,17+,22?/m0/s1. The normalized spacial score (nSPS) is 28.3. The van der Waals surface area contributed by atoms with E-state index < -0.39 is 15.7 Å². The Bertz CT molecular complexity index is 618. The lowest BCUT2D eigenvalue weighted by atomic mass is 9.97. The lowest BCUT2D eigenvalue weighted by molar-refractivity contribution is 0.122. The van der Waals surface area contributed by atoms with E-state index in [9.17, 15) is 4.57 Å². The van der Waals surface area contributed by atoms with E-state index >= 15 is 0 Å². The Morgan fingerprint density at radius 1 is 1.22 bits per heavy atom. The second-order valence-corrected chi connectivity index (χ2v) is 14.3. The van der Waals surface area contributed by atoms with Crippen LogP contribution in [0, 0.1) is 5.92 Å². The summed E-state index contributed by atoms with van der Waals surface area (Å²) in [5.74, 6) is 0.941. The largest absolute Gasteiger partial charge is 0.497 e. The molecular weight excluding hydrogens is 327 g/mol. The molecule has 1 heterocycles. The zero-order chi connectivity index (χ0) is 17.3. The van der Waals surface area contributed by atoms with Gasteiger partial charge in [-0.05, 0) is 24.6 Å². The summed E-state index contributed by atoms with van der Waals surface area (Å²) in [5, 5.41) is 0. The van der Waals surface area contributed by atoms with Gasteiger partial charge in [-0.3, -0.25) is 9.09 Å². The van der Waals surface area contributed by atoms with Gasteiger partial charge in [-0.2, -0.15) is 0 Å². The lowest BCUT2D eigenvalue weighted by Crippen LogP contribution is -2.30. The summed E-state index contributed by atoms with van der Waals surface area (Å²) < 4.78 is 30.3. The van der Waals surface area contributed by atoms with Crippen molar-refractivity contribution in [1.29, 1.82) is 0 Å². The van der Waals surface area contributed by atoms with Crippen molar-refractivity contribution in [3.8, 4) is 5.75 Å². The molecule has 0 aliphatic carbocycles. The monoisotopic (exact) mass is 354 g/mol. The fraction of sp³-hybridized carbons (Fsp3) is 0.529. The Kier molecular flexibility index (Phi) is 5.57. The number of ether oxygens (including phenoxy) is 1. The SMILES string of the molecule is CCOP1(=O)O[C@@H](c2ccc(OC)cc2)[C@@H](C)C=C1[Si](C)(C)C. The fourth-order valence-electron chi connectivity index (χ4n) is 2.82. The molecule has 0 saturated carbocycles. The zero-order valence-electron chi connectivity index (χ0n) is 14.8. The van der Waals surface area contributed by atoms with Crippen molar-refractivity contribution in [2.24, 2.45) is 5.92 Å². The second kappa shape index (κ2) is 6.94. The predicted octanol–water partition coefficient (Wildman–Crippen LogP) is 5.39. The highest BCUT2D eigenvalue weighted by Crippen LogP contribution is 2.65. The van der Waals surface area contributed by atoms with Gasteiger partial charge in [0.2, 0.25) is 0 Å². The Labute approximate surface area is 140 Å². The van der Waals surface area contributed by atoms with Gasteiger partial charge < -0.3 is 9.26 Å². The average molecular weight is 354 g/mol. The summed E-state index contributed by atoms with van der Waals surface area (Å²) in [5.41, 5.74) is 0.990. The van der Waals surface area contributed by atoms with Gasteiger partial charge in [-0.25, -0.2) is 0 Å². The van der Waals surface area contributed by atoms with Crippen molar-refractivity contribution >= 4 is 15.7 Å². The fourth-order valence-corrected chi connectivity index (χ4v) is 8.90. The van der Waals surface area contributed by atoms with E-state index in [2.05, 4.69) is 32.6 Å². The van der Waals surface area contributed by atoms with E-state index in [1.165, 1.54) is 0 Å². The van der Waals surface area contributed by atoms with Gasteiger partial charge in [0.1, 0.15) is 5.75 Å². The summed E-state index contributed by atoms with van der Waals surface area (Å²) >= 11 is 0. The topological polar surface area (TPSA) is 44.8 Å². The quantitative estimate of drug-likeness (QED) is 0.525. The highest BCUT2D eigenvalue weighted by molar-refractivity contribution is 7.62. The van der Waals surface area contributed by atoms with E-state index in [-0.39, 0.29) is 12.0 Å². The molecule has 0 saturated heterocycles. The van der Waals surface area contributed by atoms with E-state index in [1.807, 2.05) is 31.2 Å². The maximum absolute atomic E-state index is 13.4. The average Bonchev–Trinajstić information content (AvgIpc) is 2.49. The molecular formula is C17H27O4PSi. The minimum absolute atomic E-state index is 0.146. The third-order valence-electron chi connectivity index (χ3n) is 3.96. The van der Waals surface area contributed by atoms with Crippen molar-refractivity contribution in [2.45, 2.75) is 39.6 Å². The van der Waals surface area contributed by atoms with Crippen LogP contribution in [0.1, 0.15) is 25.5 Å². The lowest BCUT2D eigenvalue weighted by Gasteiger charge is -2.37. The molecule has 0 amide bonds. The second-order valence-electron chi connectivity index (χ2n) is 6.88. The molecule has 0 fully saturated rings. The third-order valence-corrected chi connectivity index (χ3v) is 10.3.